The zero-order valence-electron chi connectivity index (χ0n) is 24.4. The van der Waals surface area contributed by atoms with E-state index >= 15 is 4.39 Å². The highest BCUT2D eigenvalue weighted by atomic mass is 32.2. The molecule has 0 radical (unpaired) electrons. The average molecular weight is 612 g/mol. The molecular weight excluding hydrogens is 576 g/mol. The molecule has 0 saturated carbocycles. The van der Waals surface area contributed by atoms with E-state index in [2.05, 4.69) is 21.5 Å². The molecule has 5 rings (SSSR count). The number of halogens is 2. The lowest BCUT2D eigenvalue weighted by Crippen LogP contribution is -2.35. The Hall–Kier alpha value is -3.96. The molecule has 0 bridgehead atoms. The number of rotatable bonds is 11. The monoisotopic (exact) mass is 611 g/mol. The molecule has 0 spiro atoms. The second-order valence-electron chi connectivity index (χ2n) is 10.9. The molecule has 43 heavy (non-hydrogen) atoms. The third-order valence-electron chi connectivity index (χ3n) is 7.38. The highest BCUT2D eigenvalue weighted by Crippen LogP contribution is 2.38. The SMILES string of the molecule is COc1cc2c(Oc3ccc(NS(=O)(=O)c4cc(C)ccc4F)cc3F)ccnc2cc1OCCCN1CCCC(C)C1. The van der Waals surface area contributed by atoms with Crippen molar-refractivity contribution >= 4 is 26.6 Å². The van der Waals surface area contributed by atoms with Crippen LogP contribution in [0.15, 0.2) is 65.7 Å². The van der Waals surface area contributed by atoms with Crippen LogP contribution in [0.2, 0.25) is 0 Å². The first kappa shape index (κ1) is 30.5. The number of methoxy groups -OCH3 is 1. The van der Waals surface area contributed by atoms with Crippen LogP contribution in [-0.2, 0) is 10.0 Å². The Morgan fingerprint density at radius 3 is 2.60 bits per heavy atom. The Morgan fingerprint density at radius 1 is 1.00 bits per heavy atom. The number of piperidine rings is 1. The maximum Gasteiger partial charge on any atom is 0.264 e. The molecule has 0 aliphatic carbocycles. The van der Waals surface area contributed by atoms with Crippen molar-refractivity contribution in [3.63, 3.8) is 0 Å². The summed E-state index contributed by atoms with van der Waals surface area (Å²) in [4.78, 5) is 6.38. The van der Waals surface area contributed by atoms with Crippen LogP contribution in [0, 0.1) is 24.5 Å². The molecule has 1 aliphatic rings. The predicted molar refractivity (Wildman–Crippen MR) is 162 cm³/mol. The number of anilines is 1. The van der Waals surface area contributed by atoms with Crippen molar-refractivity contribution < 1.29 is 31.4 Å². The van der Waals surface area contributed by atoms with Gasteiger partial charge in [-0.2, -0.15) is 0 Å². The maximum absolute atomic E-state index is 15.1. The van der Waals surface area contributed by atoms with Crippen molar-refractivity contribution in [2.24, 2.45) is 5.92 Å². The first-order valence-electron chi connectivity index (χ1n) is 14.2. The Kier molecular flexibility index (Phi) is 9.31. The molecule has 1 unspecified atom stereocenters. The number of aryl methyl sites for hydroxylation is 1. The van der Waals surface area contributed by atoms with E-state index in [1.165, 1.54) is 37.1 Å². The smallest absolute Gasteiger partial charge is 0.264 e. The van der Waals surface area contributed by atoms with Crippen molar-refractivity contribution in [2.45, 2.75) is 38.0 Å². The summed E-state index contributed by atoms with van der Waals surface area (Å²) in [5.41, 5.74) is 1.06. The Balaban J connectivity index is 1.29. The Bertz CT molecular complexity index is 1720. The lowest BCUT2D eigenvalue weighted by atomic mass is 10.0. The van der Waals surface area contributed by atoms with E-state index in [9.17, 15) is 12.8 Å². The van der Waals surface area contributed by atoms with E-state index in [1.54, 1.807) is 38.4 Å². The molecule has 11 heteroatoms. The number of fused-ring (bicyclic) bond motifs is 1. The average Bonchev–Trinajstić information content (AvgIpc) is 2.97. The van der Waals surface area contributed by atoms with Crippen molar-refractivity contribution in [3.05, 3.63) is 78.0 Å². The third kappa shape index (κ3) is 7.34. The normalized spacial score (nSPS) is 15.8. The third-order valence-corrected chi connectivity index (χ3v) is 8.78. The molecule has 0 amide bonds. The van der Waals surface area contributed by atoms with E-state index in [0.717, 1.165) is 44.1 Å². The molecule has 4 aromatic rings. The second kappa shape index (κ2) is 13.1. The van der Waals surface area contributed by atoms with Crippen molar-refractivity contribution in [2.75, 3.05) is 38.1 Å². The van der Waals surface area contributed by atoms with E-state index in [4.69, 9.17) is 14.2 Å². The highest BCUT2D eigenvalue weighted by molar-refractivity contribution is 7.92. The van der Waals surface area contributed by atoms with Crippen LogP contribution < -0.4 is 18.9 Å². The lowest BCUT2D eigenvalue weighted by molar-refractivity contribution is 0.169. The molecule has 1 N–H and O–H groups in total. The van der Waals surface area contributed by atoms with E-state index in [1.807, 2.05) is 0 Å². The number of sulfonamides is 1. The Morgan fingerprint density at radius 2 is 1.84 bits per heavy atom. The summed E-state index contributed by atoms with van der Waals surface area (Å²) >= 11 is 0. The van der Waals surface area contributed by atoms with Gasteiger partial charge in [-0.1, -0.05) is 13.0 Å². The summed E-state index contributed by atoms with van der Waals surface area (Å²) in [6, 6.07) is 12.4. The summed E-state index contributed by atoms with van der Waals surface area (Å²) in [6.07, 6.45) is 4.95. The number of benzene rings is 3. The van der Waals surface area contributed by atoms with Crippen LogP contribution in [0.5, 0.6) is 23.0 Å². The molecule has 8 nitrogen and oxygen atoms in total. The highest BCUT2D eigenvalue weighted by Gasteiger charge is 2.21. The van der Waals surface area contributed by atoms with Gasteiger partial charge in [0.05, 0.1) is 24.9 Å². The molecule has 1 saturated heterocycles. The molecule has 1 aliphatic heterocycles. The molecule has 1 atom stereocenters. The van der Waals surface area contributed by atoms with Gasteiger partial charge in [-0.15, -0.1) is 0 Å². The van der Waals surface area contributed by atoms with Gasteiger partial charge in [0, 0.05) is 36.8 Å². The second-order valence-corrected chi connectivity index (χ2v) is 12.5. The van der Waals surface area contributed by atoms with Crippen LogP contribution in [0.4, 0.5) is 14.5 Å². The molecule has 1 aromatic heterocycles. The van der Waals surface area contributed by atoms with E-state index < -0.39 is 26.6 Å². The largest absolute Gasteiger partial charge is 0.493 e. The zero-order chi connectivity index (χ0) is 30.6. The minimum Gasteiger partial charge on any atom is -0.493 e. The molecular formula is C32H35F2N3O5S. The lowest BCUT2D eigenvalue weighted by Gasteiger charge is -2.30. The number of pyridine rings is 1. The topological polar surface area (TPSA) is 90.0 Å². The van der Waals surface area contributed by atoms with Crippen LogP contribution in [0.3, 0.4) is 0 Å². The van der Waals surface area contributed by atoms with Crippen molar-refractivity contribution in [3.8, 4) is 23.0 Å². The summed E-state index contributed by atoms with van der Waals surface area (Å²) in [7, 11) is -2.74. The summed E-state index contributed by atoms with van der Waals surface area (Å²) in [5.74, 6) is 0.243. The fourth-order valence-corrected chi connectivity index (χ4v) is 6.46. The van der Waals surface area contributed by atoms with Gasteiger partial charge in [0.25, 0.3) is 10.0 Å². The van der Waals surface area contributed by atoms with Crippen LogP contribution in [-0.4, -0.2) is 51.7 Å². The first-order valence-corrected chi connectivity index (χ1v) is 15.7. The fourth-order valence-electron chi connectivity index (χ4n) is 5.24. The number of hydrogen-bond donors (Lipinski definition) is 1. The van der Waals surface area contributed by atoms with E-state index in [-0.39, 0.29) is 11.4 Å². The van der Waals surface area contributed by atoms with Crippen LogP contribution in [0.1, 0.15) is 31.7 Å². The molecule has 228 valence electrons. The number of nitrogens with zero attached hydrogens (tertiary/aromatic N) is 2. The Labute approximate surface area is 250 Å². The molecule has 3 aromatic carbocycles. The minimum atomic E-state index is -4.28. The van der Waals surface area contributed by atoms with Gasteiger partial charge in [-0.25, -0.2) is 17.2 Å². The van der Waals surface area contributed by atoms with Crippen molar-refractivity contribution in [1.29, 1.82) is 0 Å². The fraction of sp³-hybridized carbons (Fsp3) is 0.344. The zero-order valence-corrected chi connectivity index (χ0v) is 25.2. The van der Waals surface area contributed by atoms with Gasteiger partial charge in [-0.05, 0) is 80.6 Å². The number of ether oxygens (including phenoxy) is 3. The van der Waals surface area contributed by atoms with Gasteiger partial charge in [0.2, 0.25) is 0 Å². The van der Waals surface area contributed by atoms with Gasteiger partial charge in [0.15, 0.2) is 23.1 Å². The quantitative estimate of drug-likeness (QED) is 0.184. The summed E-state index contributed by atoms with van der Waals surface area (Å²) in [6.45, 7) is 7.69. The van der Waals surface area contributed by atoms with Crippen LogP contribution >= 0.6 is 0 Å². The van der Waals surface area contributed by atoms with Gasteiger partial charge < -0.3 is 19.1 Å². The number of aromatic nitrogens is 1. The minimum absolute atomic E-state index is 0.0800. The van der Waals surface area contributed by atoms with Gasteiger partial charge in [0.1, 0.15) is 16.5 Å². The first-order chi connectivity index (χ1) is 20.6. The number of hydrogen-bond acceptors (Lipinski definition) is 7. The molecule has 2 heterocycles. The summed E-state index contributed by atoms with van der Waals surface area (Å²) in [5, 5.41) is 0.577. The van der Waals surface area contributed by atoms with Gasteiger partial charge >= 0.3 is 0 Å². The summed E-state index contributed by atoms with van der Waals surface area (Å²) < 4.78 is 74.5. The van der Waals surface area contributed by atoms with Crippen molar-refractivity contribution in [1.82, 2.24) is 9.88 Å². The maximum atomic E-state index is 15.1. The number of likely N-dealkylation sites (tertiary alicyclic amines) is 1. The number of nitrogens with one attached hydrogen (secondary N) is 1. The molecule has 1 fully saturated rings. The standard InChI is InChI=1S/C32H35F2N3O5S/c1-21-7-9-25(33)32(16-21)43(38,39)36-23-8-10-29(26(34)17-23)42-28-11-12-35-27-19-31(30(40-3)18-24(27)28)41-15-5-14-37-13-4-6-22(2)20-37/h7-12,16-19,22,36H,4-6,13-15,20H2,1-3H3. The van der Waals surface area contributed by atoms with E-state index in [0.29, 0.717) is 40.3 Å². The van der Waals surface area contributed by atoms with Crippen LogP contribution in [0.25, 0.3) is 10.9 Å². The predicted octanol–water partition coefficient (Wildman–Crippen LogP) is 6.92. The van der Waals surface area contributed by atoms with Gasteiger partial charge in [-0.3, -0.25) is 9.71 Å².